The second-order valence-corrected chi connectivity index (χ2v) is 3.29. The van der Waals surface area contributed by atoms with Crippen molar-refractivity contribution in [1.82, 2.24) is 24.9 Å². The van der Waals surface area contributed by atoms with E-state index < -0.39 is 0 Å². The lowest BCUT2D eigenvalue weighted by Gasteiger charge is -2.12. The van der Waals surface area contributed by atoms with Gasteiger partial charge in [0.2, 0.25) is 5.28 Å². The molecule has 2 rings (SSSR count). The zero-order valence-electron chi connectivity index (χ0n) is 7.74. The van der Waals surface area contributed by atoms with Gasteiger partial charge in [-0.3, -0.25) is 0 Å². The molecule has 0 saturated carbocycles. The number of aromatic nitrogens is 4. The van der Waals surface area contributed by atoms with Crippen LogP contribution >= 0.6 is 11.6 Å². The van der Waals surface area contributed by atoms with E-state index in [4.69, 9.17) is 11.6 Å². The van der Waals surface area contributed by atoms with E-state index in [-0.39, 0.29) is 5.28 Å². The minimum Gasteiger partial charge on any atom is -0.340 e. The molecule has 0 unspecified atom stereocenters. The standard InChI is InChI=1S/C7H9ClN6/c1-14(2)13-6-4-5(10-3-9-4)11-7(8)12-6/h3H,1-2H3,(H2,9,10,11,12,13). The molecule has 0 amide bonds. The fourth-order valence-corrected chi connectivity index (χ4v) is 1.26. The molecule has 0 aliphatic heterocycles. The molecule has 0 radical (unpaired) electrons. The van der Waals surface area contributed by atoms with Gasteiger partial charge in [-0.05, 0) is 11.6 Å². The molecule has 14 heavy (non-hydrogen) atoms. The first-order valence-corrected chi connectivity index (χ1v) is 4.35. The molecule has 7 heteroatoms. The Morgan fingerprint density at radius 2 is 2.21 bits per heavy atom. The number of rotatable bonds is 2. The Morgan fingerprint density at radius 1 is 1.43 bits per heavy atom. The van der Waals surface area contributed by atoms with Crippen molar-refractivity contribution >= 4 is 28.6 Å². The fourth-order valence-electron chi connectivity index (χ4n) is 1.10. The second-order valence-electron chi connectivity index (χ2n) is 2.95. The first-order valence-electron chi connectivity index (χ1n) is 3.97. The van der Waals surface area contributed by atoms with Crippen molar-refractivity contribution in [3.8, 4) is 0 Å². The molecule has 2 aromatic heterocycles. The van der Waals surface area contributed by atoms with Gasteiger partial charge in [-0.1, -0.05) is 0 Å². The molecule has 0 atom stereocenters. The normalized spacial score (nSPS) is 11.1. The van der Waals surface area contributed by atoms with E-state index in [0.29, 0.717) is 11.5 Å². The summed E-state index contributed by atoms with van der Waals surface area (Å²) in [6.07, 6.45) is 1.55. The van der Waals surface area contributed by atoms with E-state index in [1.165, 1.54) is 0 Å². The Labute approximate surface area is 85.3 Å². The van der Waals surface area contributed by atoms with Crippen molar-refractivity contribution < 1.29 is 0 Å². The molecule has 0 bridgehead atoms. The lowest BCUT2D eigenvalue weighted by atomic mass is 10.5. The number of imidazole rings is 1. The van der Waals surface area contributed by atoms with Crippen LogP contribution in [-0.2, 0) is 0 Å². The maximum Gasteiger partial charge on any atom is 0.226 e. The number of hydrazine groups is 1. The fraction of sp³-hybridized carbons (Fsp3) is 0.286. The molecule has 0 saturated heterocycles. The molecule has 6 nitrogen and oxygen atoms in total. The number of H-pyrrole nitrogens is 1. The largest absolute Gasteiger partial charge is 0.340 e. The van der Waals surface area contributed by atoms with Gasteiger partial charge in [0.05, 0.1) is 6.33 Å². The Morgan fingerprint density at radius 3 is 2.93 bits per heavy atom. The summed E-state index contributed by atoms with van der Waals surface area (Å²) >= 11 is 5.73. The van der Waals surface area contributed by atoms with E-state index in [2.05, 4.69) is 25.4 Å². The van der Waals surface area contributed by atoms with Crippen LogP contribution in [0.4, 0.5) is 5.82 Å². The van der Waals surface area contributed by atoms with Gasteiger partial charge in [-0.15, -0.1) is 0 Å². The lowest BCUT2D eigenvalue weighted by Crippen LogP contribution is -2.20. The van der Waals surface area contributed by atoms with Gasteiger partial charge in [0.1, 0.15) is 5.52 Å². The average molecular weight is 213 g/mol. The zero-order chi connectivity index (χ0) is 10.1. The van der Waals surface area contributed by atoms with Crippen molar-refractivity contribution in [2.24, 2.45) is 0 Å². The Hall–Kier alpha value is -1.40. The highest BCUT2D eigenvalue weighted by Crippen LogP contribution is 2.18. The molecular weight excluding hydrogens is 204 g/mol. The quantitative estimate of drug-likeness (QED) is 0.572. The summed E-state index contributed by atoms with van der Waals surface area (Å²) in [5, 5.41) is 1.94. The Bertz CT molecular complexity index is 450. The molecule has 74 valence electrons. The SMILES string of the molecule is CN(C)Nc1nc(Cl)nc2nc[nH]c12. The molecule has 0 fully saturated rings. The number of nitrogens with zero attached hydrogens (tertiary/aromatic N) is 4. The first-order chi connectivity index (χ1) is 6.66. The number of nitrogens with one attached hydrogen (secondary N) is 2. The summed E-state index contributed by atoms with van der Waals surface area (Å²) in [4.78, 5) is 14.9. The third kappa shape index (κ3) is 1.61. The van der Waals surface area contributed by atoms with E-state index in [1.54, 1.807) is 11.3 Å². The van der Waals surface area contributed by atoms with Gasteiger partial charge in [0.15, 0.2) is 11.5 Å². The molecule has 0 aliphatic carbocycles. The molecule has 0 aromatic carbocycles. The van der Waals surface area contributed by atoms with Crippen molar-refractivity contribution in [3.63, 3.8) is 0 Å². The predicted molar refractivity (Wildman–Crippen MR) is 54.0 cm³/mol. The summed E-state index contributed by atoms with van der Waals surface area (Å²) < 4.78 is 0. The van der Waals surface area contributed by atoms with Crippen molar-refractivity contribution in [3.05, 3.63) is 11.6 Å². The van der Waals surface area contributed by atoms with Crippen molar-refractivity contribution in [2.45, 2.75) is 0 Å². The number of fused-ring (bicyclic) bond motifs is 1. The topological polar surface area (TPSA) is 69.7 Å². The number of hydrogen-bond acceptors (Lipinski definition) is 5. The lowest BCUT2D eigenvalue weighted by molar-refractivity contribution is 0.493. The summed E-state index contributed by atoms with van der Waals surface area (Å²) in [5.74, 6) is 0.613. The van der Waals surface area contributed by atoms with Crippen LogP contribution in [0, 0.1) is 0 Å². The molecule has 2 aromatic rings. The van der Waals surface area contributed by atoms with Gasteiger partial charge in [-0.2, -0.15) is 9.97 Å². The smallest absolute Gasteiger partial charge is 0.226 e. The number of anilines is 1. The Balaban J connectivity index is 2.55. The van der Waals surface area contributed by atoms with Gasteiger partial charge in [0, 0.05) is 14.1 Å². The zero-order valence-corrected chi connectivity index (χ0v) is 8.50. The summed E-state index contributed by atoms with van der Waals surface area (Å²) in [6, 6.07) is 0. The highest BCUT2D eigenvalue weighted by Gasteiger charge is 2.08. The van der Waals surface area contributed by atoms with Crippen LogP contribution in [0.1, 0.15) is 0 Å². The second kappa shape index (κ2) is 3.39. The van der Waals surface area contributed by atoms with Crippen molar-refractivity contribution in [1.29, 1.82) is 0 Å². The first kappa shape index (κ1) is 9.17. The van der Waals surface area contributed by atoms with Gasteiger partial charge < -0.3 is 10.4 Å². The highest BCUT2D eigenvalue weighted by molar-refractivity contribution is 6.28. The number of halogens is 1. The van der Waals surface area contributed by atoms with Crippen LogP contribution in [0.5, 0.6) is 0 Å². The molecule has 0 aliphatic rings. The van der Waals surface area contributed by atoms with Crippen LogP contribution in [0.3, 0.4) is 0 Å². The molecule has 2 heterocycles. The van der Waals surface area contributed by atoms with Crippen molar-refractivity contribution in [2.75, 3.05) is 19.5 Å². The van der Waals surface area contributed by atoms with E-state index >= 15 is 0 Å². The van der Waals surface area contributed by atoms with Crippen LogP contribution in [0.25, 0.3) is 11.2 Å². The highest BCUT2D eigenvalue weighted by atomic mass is 35.5. The summed E-state index contributed by atoms with van der Waals surface area (Å²) in [6.45, 7) is 0. The molecule has 0 spiro atoms. The van der Waals surface area contributed by atoms with Crippen LogP contribution < -0.4 is 5.43 Å². The van der Waals surface area contributed by atoms with E-state index in [1.807, 2.05) is 14.1 Å². The average Bonchev–Trinajstić information content (AvgIpc) is 2.50. The number of hydrogen-bond donors (Lipinski definition) is 2. The Kier molecular flexibility index (Phi) is 2.22. The van der Waals surface area contributed by atoms with Gasteiger partial charge >= 0.3 is 0 Å². The minimum atomic E-state index is 0.175. The van der Waals surface area contributed by atoms with Crippen LogP contribution in [-0.4, -0.2) is 39.0 Å². The maximum absolute atomic E-state index is 5.73. The van der Waals surface area contributed by atoms with E-state index in [0.717, 1.165) is 5.52 Å². The number of aromatic amines is 1. The van der Waals surface area contributed by atoms with Crippen LogP contribution in [0.2, 0.25) is 5.28 Å². The third-order valence-corrected chi connectivity index (χ3v) is 1.76. The molecule has 2 N–H and O–H groups in total. The summed E-state index contributed by atoms with van der Waals surface area (Å²) in [7, 11) is 3.72. The van der Waals surface area contributed by atoms with E-state index in [9.17, 15) is 0 Å². The van der Waals surface area contributed by atoms with Gasteiger partial charge in [-0.25, -0.2) is 9.99 Å². The monoisotopic (exact) mass is 212 g/mol. The maximum atomic E-state index is 5.73. The minimum absolute atomic E-state index is 0.175. The predicted octanol–water partition coefficient (Wildman–Crippen LogP) is 0.895. The van der Waals surface area contributed by atoms with Crippen LogP contribution in [0.15, 0.2) is 6.33 Å². The molecular formula is C7H9ClN6. The third-order valence-electron chi connectivity index (χ3n) is 1.59. The van der Waals surface area contributed by atoms with Gasteiger partial charge in [0.25, 0.3) is 0 Å². The summed E-state index contributed by atoms with van der Waals surface area (Å²) in [5.41, 5.74) is 4.29.